The lowest BCUT2D eigenvalue weighted by Crippen LogP contribution is -2.35. The van der Waals surface area contributed by atoms with E-state index in [1.807, 2.05) is 6.92 Å². The van der Waals surface area contributed by atoms with Crippen LogP contribution in [0.5, 0.6) is 0 Å². The number of nitrogens with one attached hydrogen (secondary N) is 2. The highest BCUT2D eigenvalue weighted by Crippen LogP contribution is 2.21. The summed E-state index contributed by atoms with van der Waals surface area (Å²) in [6.07, 6.45) is 1.96. The van der Waals surface area contributed by atoms with Crippen LogP contribution in [0.4, 0.5) is 0 Å². The first-order valence-electron chi connectivity index (χ1n) is 7.75. The Morgan fingerprint density at radius 3 is 2.61 bits per heavy atom. The average Bonchev–Trinajstić information content (AvgIpc) is 2.75. The van der Waals surface area contributed by atoms with Crippen molar-refractivity contribution in [3.8, 4) is 0 Å². The van der Waals surface area contributed by atoms with Crippen LogP contribution < -0.4 is 10.0 Å². The lowest BCUT2D eigenvalue weighted by Gasteiger charge is -2.14. The summed E-state index contributed by atoms with van der Waals surface area (Å²) in [5.41, 5.74) is 0.508. The SMILES string of the molecule is CC(C)CCC(C)NC(=O)CN=C1NS(=O)(=O)c2ccccc21. The largest absolute Gasteiger partial charge is 0.352 e. The van der Waals surface area contributed by atoms with Crippen molar-refractivity contribution in [2.45, 2.75) is 44.6 Å². The van der Waals surface area contributed by atoms with Crippen LogP contribution >= 0.6 is 0 Å². The zero-order valence-corrected chi connectivity index (χ0v) is 14.5. The van der Waals surface area contributed by atoms with Crippen molar-refractivity contribution in [2.24, 2.45) is 10.9 Å². The normalized spacial score (nSPS) is 18.5. The van der Waals surface area contributed by atoms with Crippen LogP contribution in [-0.2, 0) is 14.8 Å². The minimum atomic E-state index is -3.56. The highest BCUT2D eigenvalue weighted by Gasteiger charge is 2.30. The molecule has 0 spiro atoms. The second kappa shape index (κ2) is 7.12. The van der Waals surface area contributed by atoms with E-state index in [-0.39, 0.29) is 29.2 Å². The van der Waals surface area contributed by atoms with Crippen LogP contribution in [-0.4, -0.2) is 32.7 Å². The first-order chi connectivity index (χ1) is 10.8. The summed E-state index contributed by atoms with van der Waals surface area (Å²) in [4.78, 5) is 16.3. The number of fused-ring (bicyclic) bond motifs is 1. The van der Waals surface area contributed by atoms with Gasteiger partial charge in [-0.2, -0.15) is 0 Å². The van der Waals surface area contributed by atoms with E-state index in [1.165, 1.54) is 6.07 Å². The fraction of sp³-hybridized carbons (Fsp3) is 0.500. The lowest BCUT2D eigenvalue weighted by atomic mass is 10.0. The molecule has 2 N–H and O–H groups in total. The van der Waals surface area contributed by atoms with Crippen molar-refractivity contribution in [3.63, 3.8) is 0 Å². The molecule has 6 nitrogen and oxygen atoms in total. The fourth-order valence-corrected chi connectivity index (χ4v) is 3.63. The predicted octanol–water partition coefficient (Wildman–Crippen LogP) is 1.67. The van der Waals surface area contributed by atoms with Gasteiger partial charge in [-0.3, -0.25) is 14.5 Å². The van der Waals surface area contributed by atoms with Gasteiger partial charge in [0.05, 0.1) is 4.90 Å². The van der Waals surface area contributed by atoms with E-state index in [4.69, 9.17) is 0 Å². The molecule has 1 aliphatic rings. The van der Waals surface area contributed by atoms with Gasteiger partial charge in [-0.1, -0.05) is 26.0 Å². The molecule has 1 aliphatic heterocycles. The number of aliphatic imine (C=N–C) groups is 1. The molecule has 1 aromatic carbocycles. The maximum atomic E-state index is 11.9. The van der Waals surface area contributed by atoms with Gasteiger partial charge >= 0.3 is 0 Å². The zero-order chi connectivity index (χ0) is 17.0. The molecule has 0 saturated carbocycles. The van der Waals surface area contributed by atoms with Crippen molar-refractivity contribution in [3.05, 3.63) is 29.8 Å². The highest BCUT2D eigenvalue weighted by molar-refractivity contribution is 7.90. The summed E-state index contributed by atoms with van der Waals surface area (Å²) in [6, 6.07) is 6.68. The Morgan fingerprint density at radius 1 is 1.22 bits per heavy atom. The molecule has 0 fully saturated rings. The second-order valence-corrected chi connectivity index (χ2v) is 7.86. The van der Waals surface area contributed by atoms with Crippen molar-refractivity contribution in [1.82, 2.24) is 10.0 Å². The Bertz CT molecular complexity index is 711. The first kappa shape index (κ1) is 17.5. The molecule has 0 bridgehead atoms. The number of rotatable bonds is 6. The van der Waals surface area contributed by atoms with Crippen molar-refractivity contribution >= 4 is 21.8 Å². The highest BCUT2D eigenvalue weighted by atomic mass is 32.2. The standard InChI is InChI=1S/C16H23N3O3S/c1-11(2)8-9-12(3)18-15(20)10-17-16-13-6-4-5-7-14(13)23(21,22)19-16/h4-7,11-12H,8-10H2,1-3H3,(H,17,19)(H,18,20). The number of hydrogen-bond acceptors (Lipinski definition) is 4. The number of benzene rings is 1. The molecule has 0 radical (unpaired) electrons. The molecule has 126 valence electrons. The smallest absolute Gasteiger partial charge is 0.263 e. The molecule has 0 saturated heterocycles. The van der Waals surface area contributed by atoms with Gasteiger partial charge in [0.2, 0.25) is 5.91 Å². The molecule has 1 amide bonds. The molecule has 1 aromatic rings. The van der Waals surface area contributed by atoms with E-state index in [9.17, 15) is 13.2 Å². The minimum Gasteiger partial charge on any atom is -0.352 e. The maximum absolute atomic E-state index is 11.9. The van der Waals surface area contributed by atoms with E-state index in [2.05, 4.69) is 28.9 Å². The van der Waals surface area contributed by atoms with Crippen LogP contribution in [0.1, 0.15) is 39.2 Å². The molecule has 7 heteroatoms. The Hall–Kier alpha value is -1.89. The Morgan fingerprint density at radius 2 is 1.91 bits per heavy atom. The number of carbonyl (C=O) groups is 1. The van der Waals surface area contributed by atoms with Gasteiger partial charge in [0.25, 0.3) is 10.0 Å². The molecular weight excluding hydrogens is 314 g/mol. The third-order valence-electron chi connectivity index (χ3n) is 3.63. The summed E-state index contributed by atoms with van der Waals surface area (Å²) >= 11 is 0. The molecule has 0 aromatic heterocycles. The number of nitrogens with zero attached hydrogens (tertiary/aromatic N) is 1. The van der Waals surface area contributed by atoms with E-state index < -0.39 is 10.0 Å². The first-order valence-corrected chi connectivity index (χ1v) is 9.24. The topological polar surface area (TPSA) is 87.6 Å². The quantitative estimate of drug-likeness (QED) is 0.827. The zero-order valence-electron chi connectivity index (χ0n) is 13.7. The van der Waals surface area contributed by atoms with E-state index in [0.29, 0.717) is 11.5 Å². The van der Waals surface area contributed by atoms with Gasteiger partial charge in [-0.25, -0.2) is 8.42 Å². The predicted molar refractivity (Wildman–Crippen MR) is 89.8 cm³/mol. The monoisotopic (exact) mass is 337 g/mol. The van der Waals surface area contributed by atoms with Gasteiger partial charge in [0.15, 0.2) is 0 Å². The van der Waals surface area contributed by atoms with Crippen LogP contribution in [0.3, 0.4) is 0 Å². The average molecular weight is 337 g/mol. The van der Waals surface area contributed by atoms with E-state index >= 15 is 0 Å². The number of hydrogen-bond donors (Lipinski definition) is 2. The van der Waals surface area contributed by atoms with Crippen molar-refractivity contribution in [1.29, 1.82) is 0 Å². The van der Waals surface area contributed by atoms with E-state index in [1.54, 1.807) is 18.2 Å². The molecule has 2 rings (SSSR count). The minimum absolute atomic E-state index is 0.0812. The van der Waals surface area contributed by atoms with Gasteiger partial charge in [0.1, 0.15) is 12.4 Å². The fourth-order valence-electron chi connectivity index (χ4n) is 2.38. The number of amides is 1. The van der Waals surface area contributed by atoms with E-state index in [0.717, 1.165) is 12.8 Å². The molecule has 23 heavy (non-hydrogen) atoms. The Kier molecular flexibility index (Phi) is 5.41. The summed E-state index contributed by atoms with van der Waals surface area (Å²) in [5, 5.41) is 2.88. The van der Waals surface area contributed by atoms with Gasteiger partial charge < -0.3 is 5.32 Å². The van der Waals surface area contributed by atoms with Crippen LogP contribution in [0.2, 0.25) is 0 Å². The summed E-state index contributed by atoms with van der Waals surface area (Å²) in [5.74, 6) is 0.613. The van der Waals surface area contributed by atoms with Gasteiger partial charge in [-0.15, -0.1) is 0 Å². The molecule has 1 atom stereocenters. The lowest BCUT2D eigenvalue weighted by molar-refractivity contribution is -0.120. The molecule has 1 unspecified atom stereocenters. The number of amidine groups is 1. The molecular formula is C16H23N3O3S. The number of sulfonamides is 1. The molecule has 0 aliphatic carbocycles. The third kappa shape index (κ3) is 4.54. The summed E-state index contributed by atoms with van der Waals surface area (Å²) < 4.78 is 26.3. The third-order valence-corrected chi connectivity index (χ3v) is 5.03. The van der Waals surface area contributed by atoms with Crippen LogP contribution in [0, 0.1) is 5.92 Å². The molecule has 1 heterocycles. The summed E-state index contributed by atoms with van der Waals surface area (Å²) in [7, 11) is -3.56. The van der Waals surface area contributed by atoms with Crippen LogP contribution in [0.15, 0.2) is 34.2 Å². The van der Waals surface area contributed by atoms with Crippen molar-refractivity contribution < 1.29 is 13.2 Å². The maximum Gasteiger partial charge on any atom is 0.263 e. The number of carbonyl (C=O) groups excluding carboxylic acids is 1. The van der Waals surface area contributed by atoms with Gasteiger partial charge in [0, 0.05) is 11.6 Å². The summed E-state index contributed by atoms with van der Waals surface area (Å²) in [6.45, 7) is 6.15. The van der Waals surface area contributed by atoms with Gasteiger partial charge in [-0.05, 0) is 37.8 Å². The van der Waals surface area contributed by atoms with Crippen molar-refractivity contribution in [2.75, 3.05) is 6.54 Å². The Labute approximate surface area is 137 Å². The van der Waals surface area contributed by atoms with Crippen LogP contribution in [0.25, 0.3) is 0 Å². The Balaban J connectivity index is 1.98. The second-order valence-electron chi connectivity index (χ2n) is 6.21.